The third-order valence-electron chi connectivity index (χ3n) is 4.92. The lowest BCUT2D eigenvalue weighted by Crippen LogP contribution is -3.14. The summed E-state index contributed by atoms with van der Waals surface area (Å²) in [6.07, 6.45) is 1.06. The van der Waals surface area contributed by atoms with Gasteiger partial charge in [-0.05, 0) is 37.1 Å². The molecule has 4 nitrogen and oxygen atoms in total. The molecule has 0 radical (unpaired) electrons. The Bertz CT molecular complexity index is 937. The van der Waals surface area contributed by atoms with Gasteiger partial charge in [-0.1, -0.05) is 35.5 Å². The second kappa shape index (κ2) is 7.35. The van der Waals surface area contributed by atoms with Gasteiger partial charge in [0.2, 0.25) is 0 Å². The molecule has 0 fully saturated rings. The lowest BCUT2D eigenvalue weighted by molar-refractivity contribution is -0.936. The maximum Gasteiger partial charge on any atom is 0.191 e. The molecule has 7 heteroatoms. The van der Waals surface area contributed by atoms with Crippen molar-refractivity contribution >= 4 is 50.7 Å². The van der Waals surface area contributed by atoms with E-state index >= 15 is 0 Å². The van der Waals surface area contributed by atoms with Crippen LogP contribution in [-0.2, 0) is 18.7 Å². The predicted octanol–water partition coefficient (Wildman–Crippen LogP) is 3.57. The van der Waals surface area contributed by atoms with E-state index in [0.29, 0.717) is 11.9 Å². The van der Waals surface area contributed by atoms with Crippen molar-refractivity contribution in [1.29, 1.82) is 0 Å². The van der Waals surface area contributed by atoms with Crippen LogP contribution in [0.5, 0.6) is 0 Å². The molecule has 0 amide bonds. The number of rotatable bonds is 4. The van der Waals surface area contributed by atoms with Gasteiger partial charge in [0.25, 0.3) is 0 Å². The molecule has 0 saturated carbocycles. The van der Waals surface area contributed by atoms with Crippen LogP contribution < -0.4 is 10.6 Å². The molecule has 4 rings (SSSR count). The monoisotopic (exact) mass is 405 g/mol. The number of nitrogen functional groups attached to an aromatic ring is 1. The molecule has 0 saturated heterocycles. The van der Waals surface area contributed by atoms with Crippen LogP contribution in [0, 0.1) is 0 Å². The van der Waals surface area contributed by atoms with Crippen molar-refractivity contribution in [3.8, 4) is 0 Å². The lowest BCUT2D eigenvalue weighted by atomic mass is 10.0. The van der Waals surface area contributed by atoms with E-state index in [1.165, 1.54) is 16.0 Å². The minimum absolute atomic E-state index is 0.624. The molecule has 3 aromatic rings. The van der Waals surface area contributed by atoms with Crippen LogP contribution in [0.3, 0.4) is 0 Å². The van der Waals surface area contributed by atoms with E-state index in [2.05, 4.69) is 18.8 Å². The van der Waals surface area contributed by atoms with E-state index in [1.807, 2.05) is 24.3 Å². The van der Waals surface area contributed by atoms with E-state index in [-0.39, 0.29) is 0 Å². The molecule has 0 aliphatic carbocycles. The van der Waals surface area contributed by atoms with Crippen LogP contribution in [0.15, 0.2) is 29.4 Å². The fraction of sp³-hybridized carbons (Fsp3) is 0.368. The van der Waals surface area contributed by atoms with Crippen molar-refractivity contribution in [3.05, 3.63) is 45.3 Å². The highest BCUT2D eigenvalue weighted by Crippen LogP contribution is 2.36. The molecule has 1 aromatic carbocycles. The summed E-state index contributed by atoms with van der Waals surface area (Å²) in [5.41, 5.74) is 8.90. The summed E-state index contributed by atoms with van der Waals surface area (Å²) < 4.78 is 0. The number of anilines is 1. The molecule has 1 aliphatic rings. The van der Waals surface area contributed by atoms with Gasteiger partial charge in [-0.3, -0.25) is 0 Å². The fourth-order valence-electron chi connectivity index (χ4n) is 3.38. The van der Waals surface area contributed by atoms with Crippen molar-refractivity contribution in [2.45, 2.75) is 43.8 Å². The normalized spacial score (nSPS) is 17.0. The zero-order chi connectivity index (χ0) is 18.3. The average molecular weight is 406 g/mol. The third kappa shape index (κ3) is 3.56. The quantitative estimate of drug-likeness (QED) is 0.514. The van der Waals surface area contributed by atoms with Gasteiger partial charge < -0.3 is 10.6 Å². The molecule has 1 aliphatic heterocycles. The first kappa shape index (κ1) is 18.0. The molecule has 3 N–H and O–H groups in total. The Morgan fingerprint density at radius 2 is 2.04 bits per heavy atom. The molecule has 1 atom stereocenters. The Morgan fingerprint density at radius 1 is 1.27 bits per heavy atom. The first-order valence-electron chi connectivity index (χ1n) is 8.81. The molecule has 1 unspecified atom stereocenters. The third-order valence-corrected chi connectivity index (χ3v) is 7.22. The van der Waals surface area contributed by atoms with Crippen LogP contribution in [0.4, 0.5) is 5.82 Å². The van der Waals surface area contributed by atoms with Crippen LogP contribution in [-0.4, -0.2) is 22.6 Å². The minimum atomic E-state index is 0.624. The number of fused-ring (bicyclic) bond motifs is 3. The second-order valence-corrected chi connectivity index (χ2v) is 9.44. The van der Waals surface area contributed by atoms with Crippen LogP contribution >= 0.6 is 34.7 Å². The number of benzene rings is 1. The zero-order valence-corrected chi connectivity index (χ0v) is 17.3. The molecule has 136 valence electrons. The standard InChI is InChI=1S/C19H21ClN4S2/c1-11(2)24-8-7-14-15(9-24)26-18-16(14)17(21)22-19(23-18)25-10-12-3-5-13(20)6-4-12/h3-6,11H,7-10H2,1-2H3,(H2,21,22,23)/p+1. The number of quaternary nitrogens is 1. The summed E-state index contributed by atoms with van der Waals surface area (Å²) >= 11 is 9.35. The predicted molar refractivity (Wildman–Crippen MR) is 111 cm³/mol. The highest BCUT2D eigenvalue weighted by molar-refractivity contribution is 7.98. The van der Waals surface area contributed by atoms with E-state index in [9.17, 15) is 0 Å². The SMILES string of the molecule is CC(C)[NH+]1CCc2c(sc3nc(SCc4ccc(Cl)cc4)nc(N)c23)C1. The van der Waals surface area contributed by atoms with E-state index in [1.54, 1.807) is 28.0 Å². The molecule has 2 aromatic heterocycles. The number of nitrogens with two attached hydrogens (primary N) is 1. The molecular formula is C19H22ClN4S2+. The minimum Gasteiger partial charge on any atom is -0.383 e. The molecule has 0 bridgehead atoms. The zero-order valence-electron chi connectivity index (χ0n) is 14.9. The summed E-state index contributed by atoms with van der Waals surface area (Å²) in [6, 6.07) is 8.52. The Hall–Kier alpha value is -1.34. The van der Waals surface area contributed by atoms with Crippen molar-refractivity contribution in [3.63, 3.8) is 0 Å². The summed E-state index contributed by atoms with van der Waals surface area (Å²) in [7, 11) is 0. The molecular weight excluding hydrogens is 384 g/mol. The van der Waals surface area contributed by atoms with Gasteiger partial charge >= 0.3 is 0 Å². The summed E-state index contributed by atoms with van der Waals surface area (Å²) in [4.78, 5) is 13.5. The molecule has 26 heavy (non-hydrogen) atoms. The number of hydrogen-bond donors (Lipinski definition) is 2. The van der Waals surface area contributed by atoms with Crippen molar-refractivity contribution < 1.29 is 4.90 Å². The number of hydrogen-bond acceptors (Lipinski definition) is 5. The first-order valence-corrected chi connectivity index (χ1v) is 11.0. The number of halogens is 1. The molecule has 3 heterocycles. The van der Waals surface area contributed by atoms with Crippen molar-refractivity contribution in [2.24, 2.45) is 0 Å². The van der Waals surface area contributed by atoms with Gasteiger partial charge in [-0.2, -0.15) is 0 Å². The average Bonchev–Trinajstić information content (AvgIpc) is 2.99. The highest BCUT2D eigenvalue weighted by atomic mass is 35.5. The smallest absolute Gasteiger partial charge is 0.191 e. The largest absolute Gasteiger partial charge is 0.383 e. The number of thiophene rings is 1. The number of nitrogens with one attached hydrogen (secondary N) is 1. The first-order chi connectivity index (χ1) is 12.5. The van der Waals surface area contributed by atoms with Gasteiger partial charge in [0.05, 0.1) is 22.8 Å². The van der Waals surface area contributed by atoms with E-state index in [4.69, 9.17) is 22.3 Å². The van der Waals surface area contributed by atoms with Gasteiger partial charge in [0.15, 0.2) is 5.16 Å². The summed E-state index contributed by atoms with van der Waals surface area (Å²) in [5.74, 6) is 1.43. The lowest BCUT2D eigenvalue weighted by Gasteiger charge is -2.27. The fourth-order valence-corrected chi connectivity index (χ4v) is 5.66. The maximum atomic E-state index is 6.33. The highest BCUT2D eigenvalue weighted by Gasteiger charge is 2.27. The Labute approximate surface area is 166 Å². The van der Waals surface area contributed by atoms with Gasteiger partial charge in [0.1, 0.15) is 17.2 Å². The Balaban J connectivity index is 1.59. The van der Waals surface area contributed by atoms with Crippen LogP contribution in [0.1, 0.15) is 29.9 Å². The number of nitrogens with zero attached hydrogens (tertiary/aromatic N) is 2. The van der Waals surface area contributed by atoms with E-state index < -0.39 is 0 Å². The van der Waals surface area contributed by atoms with Crippen LogP contribution in [0.25, 0.3) is 10.2 Å². The van der Waals surface area contributed by atoms with Gasteiger partial charge in [-0.25, -0.2) is 9.97 Å². The second-order valence-electron chi connectivity index (χ2n) is 6.98. The van der Waals surface area contributed by atoms with E-state index in [0.717, 1.165) is 45.7 Å². The topological polar surface area (TPSA) is 56.2 Å². The Morgan fingerprint density at radius 3 is 2.77 bits per heavy atom. The molecule has 0 spiro atoms. The maximum absolute atomic E-state index is 6.33. The van der Waals surface area contributed by atoms with Gasteiger partial charge in [0, 0.05) is 17.2 Å². The Kier molecular flexibility index (Phi) is 5.10. The number of thioether (sulfide) groups is 1. The van der Waals surface area contributed by atoms with Crippen molar-refractivity contribution in [1.82, 2.24) is 9.97 Å². The number of aromatic nitrogens is 2. The summed E-state index contributed by atoms with van der Waals surface area (Å²) in [6.45, 7) is 6.80. The van der Waals surface area contributed by atoms with Crippen LogP contribution in [0.2, 0.25) is 5.02 Å². The summed E-state index contributed by atoms with van der Waals surface area (Å²) in [5, 5.41) is 2.59. The van der Waals surface area contributed by atoms with Crippen molar-refractivity contribution in [2.75, 3.05) is 12.3 Å². The van der Waals surface area contributed by atoms with Gasteiger partial charge in [-0.15, -0.1) is 11.3 Å².